The van der Waals surface area contributed by atoms with Crippen LogP contribution >= 0.6 is 0 Å². The maximum absolute atomic E-state index is 12.7. The highest BCUT2D eigenvalue weighted by molar-refractivity contribution is 5.84. The first-order valence-corrected chi connectivity index (χ1v) is 8.71. The number of hydrogen-bond donors (Lipinski definition) is 1. The molecule has 0 saturated heterocycles. The molecule has 6 nitrogen and oxygen atoms in total. The number of rotatable bonds is 4. The zero-order valence-corrected chi connectivity index (χ0v) is 15.0. The number of carbonyl (C=O) groups excluding carboxylic acids is 1. The van der Waals surface area contributed by atoms with Crippen molar-refractivity contribution < 1.29 is 9.53 Å². The summed E-state index contributed by atoms with van der Waals surface area (Å²) in [5.74, 6) is 1.99. The van der Waals surface area contributed by atoms with Crippen LogP contribution in [0.3, 0.4) is 0 Å². The number of hydrogen-bond acceptors (Lipinski definition) is 4. The van der Waals surface area contributed by atoms with Crippen molar-refractivity contribution in [2.45, 2.75) is 24.8 Å². The van der Waals surface area contributed by atoms with E-state index in [1.165, 1.54) is 5.56 Å². The summed E-state index contributed by atoms with van der Waals surface area (Å²) in [6.07, 6.45) is 3.65. The van der Waals surface area contributed by atoms with E-state index in [9.17, 15) is 4.79 Å². The highest BCUT2D eigenvalue weighted by atomic mass is 16.5. The molecule has 25 heavy (non-hydrogen) atoms. The molecule has 132 valence electrons. The lowest BCUT2D eigenvalue weighted by Crippen LogP contribution is -2.31. The largest absolute Gasteiger partial charge is 0.493 e. The normalized spacial score (nSPS) is 23.7. The summed E-state index contributed by atoms with van der Waals surface area (Å²) >= 11 is 0. The molecular formula is C19H24N4O2. The molecule has 4 rings (SSSR count). The summed E-state index contributed by atoms with van der Waals surface area (Å²) in [5.41, 5.74) is 2.16. The fourth-order valence-electron chi connectivity index (χ4n) is 4.02. The lowest BCUT2D eigenvalue weighted by atomic mass is 9.87. The summed E-state index contributed by atoms with van der Waals surface area (Å²) in [6.45, 7) is 1.19. The van der Waals surface area contributed by atoms with E-state index in [4.69, 9.17) is 4.74 Å². The maximum Gasteiger partial charge on any atom is 0.224 e. The fourth-order valence-corrected chi connectivity index (χ4v) is 4.02. The number of nitrogens with one attached hydrogen (secondary N) is 1. The Hall–Kier alpha value is -2.50. The van der Waals surface area contributed by atoms with E-state index in [2.05, 4.69) is 16.4 Å². The second-order valence-electron chi connectivity index (χ2n) is 7.23. The Bertz CT molecular complexity index is 814. The van der Waals surface area contributed by atoms with Gasteiger partial charge in [-0.2, -0.15) is 0 Å². The molecule has 2 aliphatic rings. The molecule has 2 unspecified atom stereocenters. The second kappa shape index (κ2) is 5.79. The molecule has 2 atom stereocenters. The van der Waals surface area contributed by atoms with Gasteiger partial charge in [-0.1, -0.05) is 18.2 Å². The molecule has 1 aromatic heterocycles. The Morgan fingerprint density at radius 3 is 3.00 bits per heavy atom. The quantitative estimate of drug-likeness (QED) is 0.923. The average Bonchev–Trinajstić information content (AvgIpc) is 3.19. The van der Waals surface area contributed by atoms with Crippen molar-refractivity contribution in [3.05, 3.63) is 41.7 Å². The van der Waals surface area contributed by atoms with Gasteiger partial charge in [0, 0.05) is 38.0 Å². The first-order chi connectivity index (χ1) is 12.0. The SMILES string of the molecule is CN(C)c1ncc(CNC(=O)C2CC23CCOc2ccccc23)n1C. The van der Waals surface area contributed by atoms with Crippen LogP contribution in [0.4, 0.5) is 5.95 Å². The third kappa shape index (κ3) is 2.56. The standard InChI is InChI=1S/C19H24N4O2/c1-22(2)18-21-12-13(23(18)3)11-20-17(24)15-10-19(15)8-9-25-16-7-5-4-6-14(16)19/h4-7,12,15H,8-11H2,1-3H3,(H,20,24). The summed E-state index contributed by atoms with van der Waals surface area (Å²) in [4.78, 5) is 19.1. The predicted molar refractivity (Wildman–Crippen MR) is 95.7 cm³/mol. The van der Waals surface area contributed by atoms with Crippen LogP contribution in [0.1, 0.15) is 24.1 Å². The monoisotopic (exact) mass is 340 g/mol. The number of benzene rings is 1. The number of carbonyl (C=O) groups is 1. The number of para-hydroxylation sites is 1. The van der Waals surface area contributed by atoms with Crippen LogP contribution in [0, 0.1) is 5.92 Å². The molecule has 6 heteroatoms. The summed E-state index contributed by atoms with van der Waals surface area (Å²) < 4.78 is 7.76. The Morgan fingerprint density at radius 1 is 1.44 bits per heavy atom. The van der Waals surface area contributed by atoms with Crippen molar-refractivity contribution in [3.8, 4) is 5.75 Å². The highest BCUT2D eigenvalue weighted by Gasteiger charge is 2.60. The number of ether oxygens (including phenoxy) is 1. The van der Waals surface area contributed by atoms with Gasteiger partial charge in [0.15, 0.2) is 0 Å². The molecule has 1 saturated carbocycles. The minimum atomic E-state index is -0.0276. The molecule has 1 spiro atoms. The Kier molecular flexibility index (Phi) is 3.71. The topological polar surface area (TPSA) is 59.4 Å². The molecule has 1 N–H and O–H groups in total. The Balaban J connectivity index is 1.44. The minimum Gasteiger partial charge on any atom is -0.493 e. The van der Waals surface area contributed by atoms with Crippen molar-refractivity contribution >= 4 is 11.9 Å². The van der Waals surface area contributed by atoms with E-state index in [0.29, 0.717) is 13.2 Å². The predicted octanol–water partition coefficient (Wildman–Crippen LogP) is 1.84. The van der Waals surface area contributed by atoms with Crippen LogP contribution in [-0.2, 0) is 23.8 Å². The summed E-state index contributed by atoms with van der Waals surface area (Å²) in [5, 5.41) is 3.10. The van der Waals surface area contributed by atoms with Gasteiger partial charge in [-0.15, -0.1) is 0 Å². The van der Waals surface area contributed by atoms with Gasteiger partial charge in [-0.05, 0) is 18.9 Å². The van der Waals surface area contributed by atoms with Gasteiger partial charge in [0.2, 0.25) is 11.9 Å². The van der Waals surface area contributed by atoms with E-state index >= 15 is 0 Å². The third-order valence-electron chi connectivity index (χ3n) is 5.52. The fraction of sp³-hybridized carbons (Fsp3) is 0.474. The van der Waals surface area contributed by atoms with Gasteiger partial charge in [0.05, 0.1) is 25.0 Å². The van der Waals surface area contributed by atoms with Gasteiger partial charge in [-0.25, -0.2) is 4.98 Å². The van der Waals surface area contributed by atoms with Crippen molar-refractivity contribution in [1.29, 1.82) is 0 Å². The summed E-state index contributed by atoms with van der Waals surface area (Å²) in [7, 11) is 5.89. The lowest BCUT2D eigenvalue weighted by Gasteiger charge is -2.26. The molecule has 0 radical (unpaired) electrons. The lowest BCUT2D eigenvalue weighted by molar-refractivity contribution is -0.123. The van der Waals surface area contributed by atoms with Gasteiger partial charge >= 0.3 is 0 Å². The van der Waals surface area contributed by atoms with Crippen LogP contribution in [0.15, 0.2) is 30.5 Å². The molecule has 1 fully saturated rings. The molecule has 0 bridgehead atoms. The van der Waals surface area contributed by atoms with Gasteiger partial charge in [0.25, 0.3) is 0 Å². The van der Waals surface area contributed by atoms with Crippen LogP contribution in [0.25, 0.3) is 0 Å². The first kappa shape index (κ1) is 16.0. The minimum absolute atomic E-state index is 0.0276. The van der Waals surface area contributed by atoms with Crippen LogP contribution in [0.5, 0.6) is 5.75 Å². The van der Waals surface area contributed by atoms with Gasteiger partial charge < -0.3 is 19.5 Å². The van der Waals surface area contributed by atoms with Crippen molar-refractivity contribution in [2.24, 2.45) is 13.0 Å². The zero-order valence-electron chi connectivity index (χ0n) is 15.0. The van der Waals surface area contributed by atoms with Crippen LogP contribution in [-0.4, -0.2) is 36.2 Å². The van der Waals surface area contributed by atoms with Crippen LogP contribution in [0.2, 0.25) is 0 Å². The molecule has 1 amide bonds. The molecule has 2 aromatic rings. The van der Waals surface area contributed by atoms with E-state index in [1.54, 1.807) is 0 Å². The summed E-state index contributed by atoms with van der Waals surface area (Å²) in [6, 6.07) is 8.12. The van der Waals surface area contributed by atoms with E-state index in [0.717, 1.165) is 30.2 Å². The Labute approximate surface area is 147 Å². The molecule has 1 aliphatic carbocycles. The van der Waals surface area contributed by atoms with E-state index < -0.39 is 0 Å². The van der Waals surface area contributed by atoms with Crippen molar-refractivity contribution in [3.63, 3.8) is 0 Å². The second-order valence-corrected chi connectivity index (χ2v) is 7.23. The average molecular weight is 340 g/mol. The first-order valence-electron chi connectivity index (χ1n) is 8.71. The number of anilines is 1. The zero-order chi connectivity index (χ0) is 17.6. The van der Waals surface area contributed by atoms with Gasteiger partial charge in [0.1, 0.15) is 5.75 Å². The van der Waals surface area contributed by atoms with Crippen LogP contribution < -0.4 is 15.0 Å². The highest BCUT2D eigenvalue weighted by Crippen LogP contribution is 2.60. The Morgan fingerprint density at radius 2 is 2.24 bits per heavy atom. The van der Waals surface area contributed by atoms with Crippen molar-refractivity contribution in [2.75, 3.05) is 25.6 Å². The number of nitrogens with zero attached hydrogens (tertiary/aromatic N) is 3. The third-order valence-corrected chi connectivity index (χ3v) is 5.52. The number of amides is 1. The van der Waals surface area contributed by atoms with E-state index in [1.807, 2.05) is 55.0 Å². The van der Waals surface area contributed by atoms with E-state index in [-0.39, 0.29) is 17.2 Å². The number of imidazole rings is 1. The molecule has 1 aliphatic heterocycles. The molecule has 1 aromatic carbocycles. The molecule has 2 heterocycles. The van der Waals surface area contributed by atoms with Gasteiger partial charge in [-0.3, -0.25) is 4.79 Å². The molecular weight excluding hydrogens is 316 g/mol. The number of aromatic nitrogens is 2. The smallest absolute Gasteiger partial charge is 0.224 e. The van der Waals surface area contributed by atoms with Crippen molar-refractivity contribution in [1.82, 2.24) is 14.9 Å². The number of fused-ring (bicyclic) bond motifs is 2. The maximum atomic E-state index is 12.7.